The van der Waals surface area contributed by atoms with Gasteiger partial charge in [0.2, 0.25) is 0 Å². The van der Waals surface area contributed by atoms with Crippen LogP contribution < -0.4 is 4.74 Å². The summed E-state index contributed by atoms with van der Waals surface area (Å²) in [5.74, 6) is 0.681. The molecule has 130 valence electrons. The minimum absolute atomic E-state index is 0.0187. The molecule has 0 atom stereocenters. The van der Waals surface area contributed by atoms with Gasteiger partial charge in [0.05, 0.1) is 16.7 Å². The third kappa shape index (κ3) is 4.69. The van der Waals surface area contributed by atoms with Gasteiger partial charge in [0.15, 0.2) is 9.84 Å². The second kappa shape index (κ2) is 7.82. The van der Waals surface area contributed by atoms with Crippen molar-refractivity contribution in [3.63, 3.8) is 0 Å². The fourth-order valence-corrected chi connectivity index (χ4v) is 5.16. The van der Waals surface area contributed by atoms with E-state index in [-0.39, 0.29) is 11.0 Å². The number of halogens is 1. The lowest BCUT2D eigenvalue weighted by Gasteiger charge is -2.21. The van der Waals surface area contributed by atoms with E-state index in [9.17, 15) is 8.42 Å². The lowest BCUT2D eigenvalue weighted by Crippen LogP contribution is -2.29. The molecule has 1 aliphatic heterocycles. The summed E-state index contributed by atoms with van der Waals surface area (Å²) >= 11 is 7.24. The molecule has 0 spiro atoms. The first-order valence-corrected chi connectivity index (χ1v) is 10.6. The van der Waals surface area contributed by atoms with Crippen molar-refractivity contribution in [2.75, 3.05) is 13.2 Å². The number of aromatic nitrogens is 1. The molecule has 1 aromatic carbocycles. The van der Waals surface area contributed by atoms with E-state index in [1.807, 2.05) is 0 Å². The highest BCUT2D eigenvalue weighted by Gasteiger charge is 2.28. The molecule has 3 rings (SSSR count). The van der Waals surface area contributed by atoms with E-state index in [0.717, 1.165) is 5.01 Å². The molecule has 1 aromatic heterocycles. The number of sulfone groups is 1. The van der Waals surface area contributed by atoms with E-state index in [1.165, 1.54) is 11.3 Å². The summed E-state index contributed by atoms with van der Waals surface area (Å²) in [6.07, 6.45) is 1.14. The van der Waals surface area contributed by atoms with Crippen LogP contribution in [-0.2, 0) is 26.9 Å². The number of rotatable bonds is 6. The van der Waals surface area contributed by atoms with E-state index in [0.29, 0.717) is 49.1 Å². The smallest absolute Gasteiger partial charge is 0.159 e. The summed E-state index contributed by atoms with van der Waals surface area (Å²) in [6.45, 7) is 1.34. The highest BCUT2D eigenvalue weighted by molar-refractivity contribution is 7.91. The van der Waals surface area contributed by atoms with Gasteiger partial charge >= 0.3 is 0 Å². The van der Waals surface area contributed by atoms with Gasteiger partial charge < -0.3 is 9.47 Å². The summed E-state index contributed by atoms with van der Waals surface area (Å²) < 4.78 is 35.7. The van der Waals surface area contributed by atoms with E-state index in [4.69, 9.17) is 21.1 Å². The maximum Gasteiger partial charge on any atom is 0.159 e. The molecule has 1 fully saturated rings. The van der Waals surface area contributed by atoms with Crippen molar-refractivity contribution in [1.29, 1.82) is 0 Å². The number of hydrogen-bond donors (Lipinski definition) is 0. The molecule has 0 saturated carbocycles. The molecule has 8 heteroatoms. The molecule has 1 saturated heterocycles. The van der Waals surface area contributed by atoms with Crippen molar-refractivity contribution in [3.8, 4) is 5.75 Å². The van der Waals surface area contributed by atoms with Crippen LogP contribution in [-0.4, -0.2) is 31.9 Å². The van der Waals surface area contributed by atoms with Gasteiger partial charge in [-0.05, 0) is 37.1 Å². The average molecular weight is 388 g/mol. The maximum atomic E-state index is 12.4. The monoisotopic (exact) mass is 387 g/mol. The molecular weight excluding hydrogens is 370 g/mol. The van der Waals surface area contributed by atoms with Gasteiger partial charge in [-0.25, -0.2) is 13.4 Å². The van der Waals surface area contributed by atoms with Gasteiger partial charge in [0.1, 0.15) is 17.4 Å². The van der Waals surface area contributed by atoms with Gasteiger partial charge in [-0.1, -0.05) is 11.6 Å². The Labute approximate surface area is 150 Å². The van der Waals surface area contributed by atoms with Crippen molar-refractivity contribution in [2.24, 2.45) is 0 Å². The van der Waals surface area contributed by atoms with Crippen LogP contribution in [0.25, 0.3) is 0 Å². The van der Waals surface area contributed by atoms with Crippen molar-refractivity contribution < 1.29 is 17.9 Å². The highest BCUT2D eigenvalue weighted by Crippen LogP contribution is 2.22. The molecule has 0 N–H and O–H groups in total. The van der Waals surface area contributed by atoms with Crippen molar-refractivity contribution in [2.45, 2.75) is 30.5 Å². The molecule has 0 unspecified atom stereocenters. The van der Waals surface area contributed by atoms with Crippen LogP contribution >= 0.6 is 22.9 Å². The Morgan fingerprint density at radius 2 is 1.96 bits per heavy atom. The molecule has 5 nitrogen and oxygen atoms in total. The minimum atomic E-state index is -3.19. The summed E-state index contributed by atoms with van der Waals surface area (Å²) in [4.78, 5) is 4.38. The van der Waals surface area contributed by atoms with Crippen molar-refractivity contribution in [1.82, 2.24) is 4.98 Å². The average Bonchev–Trinajstić information content (AvgIpc) is 3.02. The van der Waals surface area contributed by atoms with Crippen LogP contribution in [0.2, 0.25) is 5.02 Å². The highest BCUT2D eigenvalue weighted by atomic mass is 35.5. The summed E-state index contributed by atoms with van der Waals surface area (Å²) in [7, 11) is -3.19. The second-order valence-electron chi connectivity index (χ2n) is 5.59. The molecule has 0 aliphatic carbocycles. The lowest BCUT2D eigenvalue weighted by atomic mass is 10.2. The van der Waals surface area contributed by atoms with E-state index in [1.54, 1.807) is 29.6 Å². The zero-order valence-corrected chi connectivity index (χ0v) is 15.4. The number of thiazole rings is 1. The number of nitrogens with zero attached hydrogens (tertiary/aromatic N) is 1. The van der Waals surface area contributed by atoms with Crippen molar-refractivity contribution in [3.05, 3.63) is 45.4 Å². The Balaban J connectivity index is 1.57. The molecule has 2 aromatic rings. The number of benzene rings is 1. The molecule has 2 heterocycles. The topological polar surface area (TPSA) is 65.5 Å². The first-order chi connectivity index (χ1) is 11.5. The first kappa shape index (κ1) is 17.7. The third-order valence-corrected chi connectivity index (χ3v) is 7.11. The van der Waals surface area contributed by atoms with Crippen LogP contribution in [0.3, 0.4) is 0 Å². The maximum absolute atomic E-state index is 12.4. The van der Waals surface area contributed by atoms with Crippen LogP contribution in [0.5, 0.6) is 5.75 Å². The van der Waals surface area contributed by atoms with Crippen LogP contribution in [0.15, 0.2) is 29.6 Å². The van der Waals surface area contributed by atoms with E-state index < -0.39 is 9.84 Å². The first-order valence-electron chi connectivity index (χ1n) is 7.64. The van der Waals surface area contributed by atoms with Gasteiger partial charge in [-0.15, -0.1) is 11.3 Å². The molecule has 1 aliphatic rings. The predicted molar refractivity (Wildman–Crippen MR) is 94.4 cm³/mol. The quantitative estimate of drug-likeness (QED) is 0.759. The standard InChI is InChI=1S/C16H18ClNO4S2/c17-12-1-3-14(4-2-12)22-9-16-18-13(10-23-16)11-24(19,20)15-5-7-21-8-6-15/h1-4,10,15H,5-9,11H2. The minimum Gasteiger partial charge on any atom is -0.486 e. The number of ether oxygens (including phenoxy) is 2. The SMILES string of the molecule is O=S(=O)(Cc1csc(COc2ccc(Cl)cc2)n1)C1CCOCC1. The van der Waals surface area contributed by atoms with Crippen LogP contribution in [0, 0.1) is 0 Å². The zero-order chi connectivity index (χ0) is 17.0. The van der Waals surface area contributed by atoms with Crippen molar-refractivity contribution >= 4 is 32.8 Å². The molecule has 0 radical (unpaired) electrons. The lowest BCUT2D eigenvalue weighted by molar-refractivity contribution is 0.0983. The zero-order valence-electron chi connectivity index (χ0n) is 13.0. The summed E-state index contributed by atoms with van der Waals surface area (Å²) in [6, 6.07) is 7.08. The molecule has 0 amide bonds. The third-order valence-electron chi connectivity index (χ3n) is 3.80. The fraction of sp³-hybridized carbons (Fsp3) is 0.438. The van der Waals surface area contributed by atoms with E-state index >= 15 is 0 Å². The largest absolute Gasteiger partial charge is 0.486 e. The van der Waals surface area contributed by atoms with Gasteiger partial charge in [0.25, 0.3) is 0 Å². The van der Waals surface area contributed by atoms with E-state index in [2.05, 4.69) is 4.98 Å². The molecule has 24 heavy (non-hydrogen) atoms. The summed E-state index contributed by atoms with van der Waals surface area (Å²) in [5, 5.41) is 2.87. The summed E-state index contributed by atoms with van der Waals surface area (Å²) in [5.41, 5.74) is 0.584. The Morgan fingerprint density at radius 1 is 1.25 bits per heavy atom. The normalized spacial score (nSPS) is 16.2. The Hall–Kier alpha value is -1.15. The van der Waals surface area contributed by atoms with Crippen LogP contribution in [0.1, 0.15) is 23.5 Å². The Kier molecular flexibility index (Phi) is 5.76. The fourth-order valence-electron chi connectivity index (χ4n) is 2.52. The second-order valence-corrected chi connectivity index (χ2v) is 9.25. The van der Waals surface area contributed by atoms with Gasteiger partial charge in [-0.3, -0.25) is 0 Å². The Morgan fingerprint density at radius 3 is 2.67 bits per heavy atom. The molecule has 0 bridgehead atoms. The molecular formula is C16H18ClNO4S2. The van der Waals surface area contributed by atoms with Crippen LogP contribution in [0.4, 0.5) is 0 Å². The predicted octanol–water partition coefficient (Wildman–Crippen LogP) is 3.47. The number of hydrogen-bond acceptors (Lipinski definition) is 6. The van der Waals surface area contributed by atoms with Gasteiger partial charge in [0, 0.05) is 23.6 Å². The Bertz CT molecular complexity index is 768. The van der Waals surface area contributed by atoms with Gasteiger partial charge in [-0.2, -0.15) is 0 Å².